The summed E-state index contributed by atoms with van der Waals surface area (Å²) in [5.41, 5.74) is 0. The molecule has 0 aromatic carbocycles. The topological polar surface area (TPSA) is 9.23 Å². The molecule has 0 aromatic heterocycles. The summed E-state index contributed by atoms with van der Waals surface area (Å²) >= 11 is 0. The van der Waals surface area contributed by atoms with Crippen molar-refractivity contribution in [1.82, 2.24) is 0 Å². The Morgan fingerprint density at radius 3 is 2.03 bits per heavy atom. The highest BCUT2D eigenvalue weighted by Gasteiger charge is 2.47. The summed E-state index contributed by atoms with van der Waals surface area (Å²) in [5, 5.41) is 0. The van der Waals surface area contributed by atoms with Crippen molar-refractivity contribution < 1.29 is 17.9 Å². The molecule has 1 nitrogen and oxygen atoms in total. The van der Waals surface area contributed by atoms with Crippen LogP contribution in [0.1, 0.15) is 104 Å². The van der Waals surface area contributed by atoms with Crippen LogP contribution in [0.2, 0.25) is 0 Å². The van der Waals surface area contributed by atoms with Crippen LogP contribution >= 0.6 is 0 Å². The first kappa shape index (κ1) is 24.4. The van der Waals surface area contributed by atoms with Gasteiger partial charge in [0.15, 0.2) is 6.17 Å². The molecule has 3 rings (SSSR count). The Hall–Kier alpha value is -0.250. The molecule has 0 aromatic rings. The molecule has 0 amide bonds. The van der Waals surface area contributed by atoms with E-state index in [-0.39, 0.29) is 17.8 Å². The van der Waals surface area contributed by atoms with Crippen molar-refractivity contribution in [2.24, 2.45) is 29.6 Å². The zero-order chi connectivity index (χ0) is 21.5. The fourth-order valence-electron chi connectivity index (χ4n) is 6.65. The molecular weight excluding hydrogens is 385 g/mol. The highest BCUT2D eigenvalue weighted by molar-refractivity contribution is 4.96. The van der Waals surface area contributed by atoms with E-state index >= 15 is 4.39 Å². The predicted octanol–water partition coefficient (Wildman–Crippen LogP) is 8.01. The molecular formula is C26H45F3O. The van der Waals surface area contributed by atoms with Gasteiger partial charge in [0.05, 0.1) is 6.10 Å². The molecule has 30 heavy (non-hydrogen) atoms. The number of halogens is 3. The lowest BCUT2D eigenvalue weighted by molar-refractivity contribution is -0.0925. The molecule has 3 fully saturated rings. The van der Waals surface area contributed by atoms with Gasteiger partial charge in [-0.3, -0.25) is 0 Å². The third kappa shape index (κ3) is 6.17. The molecule has 3 aliphatic rings. The van der Waals surface area contributed by atoms with Crippen LogP contribution in [0, 0.1) is 29.6 Å². The summed E-state index contributed by atoms with van der Waals surface area (Å²) in [7, 11) is 0. The summed E-state index contributed by atoms with van der Waals surface area (Å²) < 4.78 is 50.4. The normalized spacial score (nSPS) is 42.9. The van der Waals surface area contributed by atoms with Crippen LogP contribution in [0.3, 0.4) is 0 Å². The Balaban J connectivity index is 1.45. The van der Waals surface area contributed by atoms with Gasteiger partial charge in [-0.15, -0.1) is 0 Å². The third-order valence-electron chi connectivity index (χ3n) is 8.61. The van der Waals surface area contributed by atoms with Crippen molar-refractivity contribution in [2.75, 3.05) is 6.61 Å². The molecule has 0 spiro atoms. The van der Waals surface area contributed by atoms with Crippen LogP contribution in [0.15, 0.2) is 0 Å². The van der Waals surface area contributed by atoms with E-state index in [1.165, 1.54) is 44.9 Å². The summed E-state index contributed by atoms with van der Waals surface area (Å²) in [6.07, 6.45) is 9.58. The van der Waals surface area contributed by atoms with E-state index in [0.29, 0.717) is 31.8 Å². The SMILES string of the molecule is CCCCOC1CCC(C2CCC(C3CCC(CCCC)CC3)C(F)C2)C(F)C1F. The molecule has 0 saturated heterocycles. The Morgan fingerprint density at radius 2 is 1.37 bits per heavy atom. The first-order chi connectivity index (χ1) is 14.5. The molecule has 176 valence electrons. The Bertz CT molecular complexity index is 479. The van der Waals surface area contributed by atoms with Gasteiger partial charge in [0, 0.05) is 6.61 Å². The van der Waals surface area contributed by atoms with Gasteiger partial charge >= 0.3 is 0 Å². The first-order valence-electron chi connectivity index (χ1n) is 13.1. The third-order valence-corrected chi connectivity index (χ3v) is 8.61. The number of unbranched alkanes of at least 4 members (excludes halogenated alkanes) is 2. The van der Waals surface area contributed by atoms with Gasteiger partial charge in [-0.05, 0) is 81.0 Å². The Labute approximate surface area is 182 Å². The van der Waals surface area contributed by atoms with Gasteiger partial charge in [0.2, 0.25) is 0 Å². The van der Waals surface area contributed by atoms with Crippen molar-refractivity contribution in [3.8, 4) is 0 Å². The summed E-state index contributed by atoms with van der Waals surface area (Å²) in [4.78, 5) is 0. The maximum absolute atomic E-state index is 15.2. The number of rotatable bonds is 9. The highest BCUT2D eigenvalue weighted by atomic mass is 19.2. The second-order valence-electron chi connectivity index (χ2n) is 10.6. The molecule has 4 heteroatoms. The van der Waals surface area contributed by atoms with Gasteiger partial charge in [0.1, 0.15) is 12.3 Å². The van der Waals surface area contributed by atoms with Crippen LogP contribution in [0.4, 0.5) is 13.2 Å². The lowest BCUT2D eigenvalue weighted by Gasteiger charge is -2.44. The average molecular weight is 431 g/mol. The first-order valence-corrected chi connectivity index (χ1v) is 13.1. The van der Waals surface area contributed by atoms with E-state index in [4.69, 9.17) is 4.74 Å². The maximum Gasteiger partial charge on any atom is 0.157 e. The second-order valence-corrected chi connectivity index (χ2v) is 10.6. The molecule has 0 aliphatic heterocycles. The van der Waals surface area contributed by atoms with Gasteiger partial charge in [-0.1, -0.05) is 52.4 Å². The fraction of sp³-hybridized carbons (Fsp3) is 1.00. The number of hydrogen-bond acceptors (Lipinski definition) is 1. The van der Waals surface area contributed by atoms with Crippen molar-refractivity contribution in [3.05, 3.63) is 0 Å². The average Bonchev–Trinajstić information content (AvgIpc) is 2.76. The van der Waals surface area contributed by atoms with Crippen molar-refractivity contribution in [2.45, 2.75) is 128 Å². The molecule has 7 unspecified atom stereocenters. The number of hydrogen-bond donors (Lipinski definition) is 0. The van der Waals surface area contributed by atoms with Gasteiger partial charge in [0.25, 0.3) is 0 Å². The number of alkyl halides is 3. The van der Waals surface area contributed by atoms with Crippen molar-refractivity contribution in [1.29, 1.82) is 0 Å². The molecule has 3 aliphatic carbocycles. The zero-order valence-electron chi connectivity index (χ0n) is 19.3. The van der Waals surface area contributed by atoms with E-state index in [9.17, 15) is 8.78 Å². The quantitative estimate of drug-likeness (QED) is 0.337. The van der Waals surface area contributed by atoms with Crippen LogP contribution in [-0.2, 0) is 4.74 Å². The van der Waals surface area contributed by atoms with Crippen molar-refractivity contribution >= 4 is 0 Å². The minimum atomic E-state index is -1.55. The van der Waals surface area contributed by atoms with Crippen LogP contribution < -0.4 is 0 Å². The summed E-state index contributed by atoms with van der Waals surface area (Å²) in [6.45, 7) is 4.82. The standard InChI is InChI=1S/C26H45F3O/c1-3-5-7-18-8-10-19(11-9-18)21-13-12-20(17-23(21)27)22-14-15-24(26(29)25(22)28)30-16-6-4-2/h18-26H,3-17H2,1-2H3. The maximum atomic E-state index is 15.2. The van der Waals surface area contributed by atoms with Crippen LogP contribution in [0.5, 0.6) is 0 Å². The summed E-state index contributed by atoms with van der Waals surface area (Å²) in [6, 6.07) is 0. The number of ether oxygens (including phenoxy) is 1. The van der Waals surface area contributed by atoms with Gasteiger partial charge in [-0.2, -0.15) is 0 Å². The smallest absolute Gasteiger partial charge is 0.157 e. The van der Waals surface area contributed by atoms with Gasteiger partial charge in [-0.25, -0.2) is 13.2 Å². The Morgan fingerprint density at radius 1 is 0.700 bits per heavy atom. The Kier molecular flexibility index (Phi) is 9.85. The predicted molar refractivity (Wildman–Crippen MR) is 118 cm³/mol. The monoisotopic (exact) mass is 430 g/mol. The lowest BCUT2D eigenvalue weighted by atomic mass is 9.64. The lowest BCUT2D eigenvalue weighted by Crippen LogP contribution is -2.47. The van der Waals surface area contributed by atoms with E-state index in [1.54, 1.807) is 0 Å². The highest BCUT2D eigenvalue weighted by Crippen LogP contribution is 2.48. The van der Waals surface area contributed by atoms with E-state index < -0.39 is 24.6 Å². The largest absolute Gasteiger partial charge is 0.375 e. The van der Waals surface area contributed by atoms with E-state index in [0.717, 1.165) is 31.6 Å². The van der Waals surface area contributed by atoms with E-state index in [2.05, 4.69) is 13.8 Å². The fourth-order valence-corrected chi connectivity index (χ4v) is 6.65. The van der Waals surface area contributed by atoms with Crippen molar-refractivity contribution in [3.63, 3.8) is 0 Å². The zero-order valence-corrected chi connectivity index (χ0v) is 19.3. The van der Waals surface area contributed by atoms with E-state index in [1.807, 2.05) is 0 Å². The molecule has 0 heterocycles. The molecule has 0 radical (unpaired) electrons. The van der Waals surface area contributed by atoms with Crippen LogP contribution in [0.25, 0.3) is 0 Å². The van der Waals surface area contributed by atoms with Crippen LogP contribution in [-0.4, -0.2) is 31.2 Å². The minimum Gasteiger partial charge on any atom is -0.375 e. The molecule has 0 N–H and O–H groups in total. The minimum absolute atomic E-state index is 0.00184. The summed E-state index contributed by atoms with van der Waals surface area (Å²) in [5.74, 6) is 1.19. The molecule has 7 atom stereocenters. The molecule has 0 bridgehead atoms. The van der Waals surface area contributed by atoms with Gasteiger partial charge < -0.3 is 4.74 Å². The molecule has 3 saturated carbocycles. The second kappa shape index (κ2) is 12.1.